The Morgan fingerprint density at radius 2 is 1.57 bits per heavy atom. The average Bonchev–Trinajstić information content (AvgIpc) is 2.91. The van der Waals surface area contributed by atoms with Gasteiger partial charge in [-0.3, -0.25) is 13.9 Å². The molecule has 226 valence electrons. The number of aryl methyl sites for hydroxylation is 2. The van der Waals surface area contributed by atoms with Crippen molar-refractivity contribution in [3.05, 3.63) is 99.0 Å². The zero-order valence-corrected chi connectivity index (χ0v) is 27.1. The fourth-order valence-corrected chi connectivity index (χ4v) is 6.29. The lowest BCUT2D eigenvalue weighted by atomic mass is 10.0. The van der Waals surface area contributed by atoms with Gasteiger partial charge in [0.15, 0.2) is 0 Å². The molecule has 0 unspecified atom stereocenters. The highest BCUT2D eigenvalue weighted by molar-refractivity contribution is 7.92. The van der Waals surface area contributed by atoms with E-state index in [2.05, 4.69) is 5.32 Å². The van der Waals surface area contributed by atoms with Crippen molar-refractivity contribution in [3.8, 4) is 0 Å². The molecule has 0 aliphatic heterocycles. The van der Waals surface area contributed by atoms with E-state index in [0.29, 0.717) is 21.3 Å². The summed E-state index contributed by atoms with van der Waals surface area (Å²) in [5, 5.41) is 3.73. The monoisotopic (exact) mass is 631 g/mol. The Hall–Kier alpha value is -3.07. The first-order chi connectivity index (χ1) is 19.8. The quantitative estimate of drug-likeness (QED) is 0.239. The van der Waals surface area contributed by atoms with Gasteiger partial charge in [-0.25, -0.2) is 8.42 Å². The van der Waals surface area contributed by atoms with Gasteiger partial charge in [0.05, 0.1) is 11.9 Å². The Balaban J connectivity index is 1.94. The van der Waals surface area contributed by atoms with Gasteiger partial charge in [-0.2, -0.15) is 0 Å². The molecule has 0 bridgehead atoms. The van der Waals surface area contributed by atoms with Crippen LogP contribution in [0.15, 0.2) is 66.7 Å². The number of hydrogen-bond acceptors (Lipinski definition) is 4. The van der Waals surface area contributed by atoms with Gasteiger partial charge in [0.25, 0.3) is 0 Å². The molecule has 0 aliphatic rings. The second-order valence-corrected chi connectivity index (χ2v) is 13.5. The van der Waals surface area contributed by atoms with Gasteiger partial charge in [-0.15, -0.1) is 0 Å². The fourth-order valence-electron chi connectivity index (χ4n) is 4.76. The van der Waals surface area contributed by atoms with E-state index < -0.39 is 16.1 Å². The Labute approximate surface area is 259 Å². The smallest absolute Gasteiger partial charge is 0.243 e. The van der Waals surface area contributed by atoms with Gasteiger partial charge in [-0.05, 0) is 69.0 Å². The van der Waals surface area contributed by atoms with E-state index in [1.54, 1.807) is 18.2 Å². The second-order valence-electron chi connectivity index (χ2n) is 10.8. The average molecular weight is 633 g/mol. The molecular weight excluding hydrogens is 593 g/mol. The molecule has 10 heteroatoms. The molecular formula is C32H39Cl2N3O4S. The molecule has 0 aliphatic carbocycles. The Kier molecular flexibility index (Phi) is 11.9. The van der Waals surface area contributed by atoms with Crippen molar-refractivity contribution in [1.29, 1.82) is 0 Å². The molecule has 0 spiro atoms. The van der Waals surface area contributed by atoms with Gasteiger partial charge in [0.2, 0.25) is 21.8 Å². The zero-order valence-electron chi connectivity index (χ0n) is 24.7. The lowest BCUT2D eigenvalue weighted by Gasteiger charge is -2.33. The zero-order chi connectivity index (χ0) is 31.0. The van der Waals surface area contributed by atoms with Crippen LogP contribution in [0.25, 0.3) is 0 Å². The number of sulfonamides is 1. The largest absolute Gasteiger partial charge is 0.352 e. The molecule has 0 radical (unpaired) electrons. The number of carbonyl (C=O) groups excluding carboxylic acids is 2. The summed E-state index contributed by atoms with van der Waals surface area (Å²) in [7, 11) is -3.61. The van der Waals surface area contributed by atoms with Crippen LogP contribution in [-0.4, -0.2) is 50.0 Å². The minimum Gasteiger partial charge on any atom is -0.352 e. The SMILES string of the molecule is Cc1ccc(C)c(N(CCCC(=O)N(Cc2c(Cl)cccc2Cl)[C@@H](Cc2ccccc2)C(=O)NC(C)C)S(C)(=O)=O)c1. The minimum absolute atomic E-state index is 0.0131. The van der Waals surface area contributed by atoms with Gasteiger partial charge < -0.3 is 10.2 Å². The molecule has 3 aromatic carbocycles. The van der Waals surface area contributed by atoms with E-state index in [4.69, 9.17) is 23.2 Å². The summed E-state index contributed by atoms with van der Waals surface area (Å²) in [6.07, 6.45) is 1.70. The number of halogens is 2. The molecule has 42 heavy (non-hydrogen) atoms. The van der Waals surface area contributed by atoms with E-state index in [-0.39, 0.29) is 50.2 Å². The first-order valence-corrected chi connectivity index (χ1v) is 16.5. The van der Waals surface area contributed by atoms with Crippen LogP contribution in [0.3, 0.4) is 0 Å². The summed E-state index contributed by atoms with van der Waals surface area (Å²) < 4.78 is 26.9. The Bertz CT molecular complexity index is 1480. The van der Waals surface area contributed by atoms with E-state index >= 15 is 0 Å². The maximum atomic E-state index is 14.0. The van der Waals surface area contributed by atoms with Crippen molar-refractivity contribution in [1.82, 2.24) is 10.2 Å². The lowest BCUT2D eigenvalue weighted by molar-refractivity contribution is -0.141. The molecule has 0 saturated carbocycles. The summed E-state index contributed by atoms with van der Waals surface area (Å²) >= 11 is 13.0. The molecule has 3 rings (SSSR count). The first-order valence-electron chi connectivity index (χ1n) is 13.9. The van der Waals surface area contributed by atoms with Gasteiger partial charge in [-0.1, -0.05) is 71.7 Å². The van der Waals surface area contributed by atoms with E-state index in [1.807, 2.05) is 76.2 Å². The van der Waals surface area contributed by atoms with Crippen LogP contribution in [0.5, 0.6) is 0 Å². The lowest BCUT2D eigenvalue weighted by Crippen LogP contribution is -2.52. The third-order valence-corrected chi connectivity index (χ3v) is 8.77. The van der Waals surface area contributed by atoms with Crippen molar-refractivity contribution < 1.29 is 18.0 Å². The number of carbonyl (C=O) groups is 2. The van der Waals surface area contributed by atoms with Crippen LogP contribution in [0.2, 0.25) is 10.0 Å². The number of rotatable bonds is 13. The molecule has 1 atom stereocenters. The standard InChI is InChI=1S/C32H39Cl2N3O4S/c1-22(2)35-32(39)30(20-25-11-7-6-8-12-25)36(21-26-27(33)13-9-14-28(26)34)31(38)15-10-18-37(42(5,40)41)29-19-23(3)16-17-24(29)4/h6-9,11-14,16-17,19,22,30H,10,15,18,20-21H2,1-5H3,(H,35,39)/t30-/m0/s1. The number of nitrogens with zero attached hydrogens (tertiary/aromatic N) is 2. The molecule has 0 aromatic heterocycles. The molecule has 2 amide bonds. The second kappa shape index (κ2) is 14.9. The summed E-state index contributed by atoms with van der Waals surface area (Å²) in [6, 6.07) is 19.2. The number of amides is 2. The van der Waals surface area contributed by atoms with Crippen LogP contribution in [0, 0.1) is 13.8 Å². The molecule has 0 fully saturated rings. The van der Waals surface area contributed by atoms with Gasteiger partial charge in [0.1, 0.15) is 6.04 Å². The van der Waals surface area contributed by atoms with Gasteiger partial charge in [0, 0.05) is 47.6 Å². The molecule has 3 aromatic rings. The highest BCUT2D eigenvalue weighted by Crippen LogP contribution is 2.28. The first kappa shape index (κ1) is 33.4. The highest BCUT2D eigenvalue weighted by Gasteiger charge is 2.32. The summed E-state index contributed by atoms with van der Waals surface area (Å²) in [5.74, 6) is -0.598. The summed E-state index contributed by atoms with van der Waals surface area (Å²) in [5.41, 5.74) is 3.77. The predicted octanol–water partition coefficient (Wildman–Crippen LogP) is 6.32. The molecule has 0 saturated heterocycles. The maximum absolute atomic E-state index is 14.0. The number of anilines is 1. The number of nitrogens with one attached hydrogen (secondary N) is 1. The van der Waals surface area contributed by atoms with Gasteiger partial charge >= 0.3 is 0 Å². The van der Waals surface area contributed by atoms with Crippen molar-refractivity contribution in [2.24, 2.45) is 0 Å². The minimum atomic E-state index is -3.61. The van der Waals surface area contributed by atoms with Crippen LogP contribution in [0.1, 0.15) is 48.9 Å². The van der Waals surface area contributed by atoms with Crippen LogP contribution in [-0.2, 0) is 32.6 Å². The van der Waals surface area contributed by atoms with Crippen LogP contribution in [0.4, 0.5) is 5.69 Å². The fraction of sp³-hybridized carbons (Fsp3) is 0.375. The highest BCUT2D eigenvalue weighted by atomic mass is 35.5. The number of hydrogen-bond donors (Lipinski definition) is 1. The van der Waals surface area contributed by atoms with E-state index in [0.717, 1.165) is 22.9 Å². The molecule has 0 heterocycles. The van der Waals surface area contributed by atoms with Crippen molar-refractivity contribution in [2.45, 2.75) is 65.6 Å². The predicted molar refractivity (Wildman–Crippen MR) is 172 cm³/mol. The van der Waals surface area contributed by atoms with E-state index in [1.165, 1.54) is 9.21 Å². The topological polar surface area (TPSA) is 86.8 Å². The van der Waals surface area contributed by atoms with Crippen LogP contribution >= 0.6 is 23.2 Å². The molecule has 1 N–H and O–H groups in total. The van der Waals surface area contributed by atoms with Crippen molar-refractivity contribution in [3.63, 3.8) is 0 Å². The third kappa shape index (κ3) is 9.21. The Morgan fingerprint density at radius 3 is 2.17 bits per heavy atom. The number of benzene rings is 3. The van der Waals surface area contributed by atoms with Crippen LogP contribution < -0.4 is 9.62 Å². The summed E-state index contributed by atoms with van der Waals surface area (Å²) in [4.78, 5) is 29.1. The maximum Gasteiger partial charge on any atom is 0.243 e. The van der Waals surface area contributed by atoms with Crippen molar-refractivity contribution in [2.75, 3.05) is 17.1 Å². The Morgan fingerprint density at radius 1 is 0.929 bits per heavy atom. The molecule has 7 nitrogen and oxygen atoms in total. The third-order valence-electron chi connectivity index (χ3n) is 6.88. The van der Waals surface area contributed by atoms with Crippen molar-refractivity contribution >= 4 is 50.7 Å². The normalized spacial score (nSPS) is 12.2. The summed E-state index contributed by atoms with van der Waals surface area (Å²) in [6.45, 7) is 7.61. The van der Waals surface area contributed by atoms with E-state index in [9.17, 15) is 18.0 Å².